The number of benzene rings is 2. The van der Waals surface area contributed by atoms with E-state index in [2.05, 4.69) is 10.2 Å². The minimum atomic E-state index is -1.05. The second-order valence-electron chi connectivity index (χ2n) is 4.81. The van der Waals surface area contributed by atoms with Crippen molar-refractivity contribution < 1.29 is 15.0 Å². The average molecular weight is 283 g/mol. The van der Waals surface area contributed by atoms with Gasteiger partial charge in [-0.05, 0) is 44.5 Å². The Labute approximate surface area is 122 Å². The molecule has 5 heteroatoms. The van der Waals surface area contributed by atoms with Gasteiger partial charge in [0, 0.05) is 0 Å². The van der Waals surface area contributed by atoms with Gasteiger partial charge in [-0.2, -0.15) is 5.11 Å². The largest absolute Gasteiger partial charge is 0.872 e. The molecule has 0 radical (unpaired) electrons. The van der Waals surface area contributed by atoms with E-state index >= 15 is 0 Å². The van der Waals surface area contributed by atoms with Crippen LogP contribution in [0.3, 0.4) is 0 Å². The molecule has 0 atom stereocenters. The molecule has 0 saturated heterocycles. The molecule has 108 valence electrons. The molecule has 0 spiro atoms. The van der Waals surface area contributed by atoms with Crippen LogP contribution in [0.4, 0.5) is 11.4 Å². The Bertz CT molecular complexity index is 737. The molecule has 0 fully saturated rings. The summed E-state index contributed by atoms with van der Waals surface area (Å²) in [4.78, 5) is 11.1. The average Bonchev–Trinajstić information content (AvgIpc) is 2.47. The summed E-state index contributed by atoms with van der Waals surface area (Å²) in [5.41, 5.74) is 2.93. The first-order chi connectivity index (χ1) is 9.91. The van der Waals surface area contributed by atoms with Crippen LogP contribution in [0.5, 0.6) is 5.75 Å². The molecule has 0 aliphatic rings. The predicted molar refractivity (Wildman–Crippen MR) is 77.7 cm³/mol. The summed E-state index contributed by atoms with van der Waals surface area (Å²) in [5, 5.41) is 29.0. The van der Waals surface area contributed by atoms with Crippen LogP contribution >= 0.6 is 0 Å². The van der Waals surface area contributed by atoms with Crippen molar-refractivity contribution >= 4 is 17.3 Å². The van der Waals surface area contributed by atoms with Gasteiger partial charge in [0.1, 0.15) is 5.69 Å². The zero-order valence-electron chi connectivity index (χ0n) is 12.0. The van der Waals surface area contributed by atoms with Crippen LogP contribution in [0.1, 0.15) is 27.0 Å². The smallest absolute Gasteiger partial charge is 0.337 e. The Morgan fingerprint density at radius 2 is 1.67 bits per heavy atom. The van der Waals surface area contributed by atoms with E-state index in [1.807, 2.05) is 0 Å². The molecule has 1 N–H and O–H groups in total. The fraction of sp³-hybridized carbons (Fsp3) is 0.188. The Balaban J connectivity index is 2.46. The van der Waals surface area contributed by atoms with Crippen molar-refractivity contribution in [1.29, 1.82) is 0 Å². The number of aryl methyl sites for hydroxylation is 1. The molecular weight excluding hydrogens is 268 g/mol. The molecule has 0 aliphatic carbocycles. The molecule has 2 aromatic carbocycles. The van der Waals surface area contributed by atoms with Gasteiger partial charge in [0.25, 0.3) is 0 Å². The summed E-state index contributed by atoms with van der Waals surface area (Å²) < 4.78 is 0. The molecule has 0 heterocycles. The summed E-state index contributed by atoms with van der Waals surface area (Å²) >= 11 is 0. The van der Waals surface area contributed by atoms with Crippen molar-refractivity contribution in [2.75, 3.05) is 0 Å². The number of carboxylic acids is 1. The normalized spacial score (nSPS) is 11.0. The number of hydrogen-bond donors (Lipinski definition) is 1. The van der Waals surface area contributed by atoms with E-state index in [1.54, 1.807) is 45.0 Å². The van der Waals surface area contributed by atoms with Crippen molar-refractivity contribution in [3.05, 3.63) is 52.6 Å². The number of aromatic carboxylic acids is 1. The summed E-state index contributed by atoms with van der Waals surface area (Å²) in [7, 11) is 0. The molecule has 0 aromatic heterocycles. The van der Waals surface area contributed by atoms with E-state index in [-0.39, 0.29) is 17.0 Å². The summed E-state index contributed by atoms with van der Waals surface area (Å²) in [6.45, 7) is 5.27. The second kappa shape index (κ2) is 5.75. The molecule has 5 nitrogen and oxygen atoms in total. The number of carbonyl (C=O) groups is 1. The molecule has 2 aromatic rings. The maximum atomic E-state index is 11.8. The number of carboxylic acid groups (broad SMARTS) is 1. The number of azo groups is 1. The highest BCUT2D eigenvalue weighted by molar-refractivity contribution is 5.93. The summed E-state index contributed by atoms with van der Waals surface area (Å²) in [5.74, 6) is -1.05. The first-order valence-electron chi connectivity index (χ1n) is 6.43. The van der Waals surface area contributed by atoms with Crippen LogP contribution in [-0.2, 0) is 0 Å². The SMILES string of the molecule is Cc1cc(N=Nc2ccccc2C(=O)O)c(C)c(C)c1[O-]. The topological polar surface area (TPSA) is 85.1 Å². The number of rotatable bonds is 3. The predicted octanol–water partition coefficient (Wildman–Crippen LogP) is 3.80. The van der Waals surface area contributed by atoms with Gasteiger partial charge < -0.3 is 10.2 Å². The van der Waals surface area contributed by atoms with Gasteiger partial charge >= 0.3 is 5.97 Å². The van der Waals surface area contributed by atoms with Crippen molar-refractivity contribution in [1.82, 2.24) is 0 Å². The minimum absolute atomic E-state index is 0.00242. The van der Waals surface area contributed by atoms with E-state index in [4.69, 9.17) is 5.11 Å². The highest BCUT2D eigenvalue weighted by Crippen LogP contribution is 2.32. The molecule has 21 heavy (non-hydrogen) atoms. The van der Waals surface area contributed by atoms with E-state index < -0.39 is 5.97 Å². The van der Waals surface area contributed by atoms with Gasteiger partial charge in [-0.3, -0.25) is 0 Å². The minimum Gasteiger partial charge on any atom is -0.872 e. The zero-order chi connectivity index (χ0) is 15.6. The van der Waals surface area contributed by atoms with Gasteiger partial charge in [0.2, 0.25) is 0 Å². The van der Waals surface area contributed by atoms with Gasteiger partial charge in [0.15, 0.2) is 0 Å². The lowest BCUT2D eigenvalue weighted by atomic mass is 10.0. The van der Waals surface area contributed by atoms with Gasteiger partial charge in [0.05, 0.1) is 11.3 Å². The van der Waals surface area contributed by atoms with Crippen LogP contribution in [0, 0.1) is 20.8 Å². The molecule has 0 bridgehead atoms. The molecule has 0 aliphatic heterocycles. The van der Waals surface area contributed by atoms with E-state index in [1.165, 1.54) is 6.07 Å². The first kappa shape index (κ1) is 14.7. The van der Waals surface area contributed by atoms with Crippen molar-refractivity contribution in [2.24, 2.45) is 10.2 Å². The Morgan fingerprint density at radius 1 is 1.05 bits per heavy atom. The fourth-order valence-electron chi connectivity index (χ4n) is 1.99. The number of nitrogens with zero attached hydrogens (tertiary/aromatic N) is 2. The lowest BCUT2D eigenvalue weighted by molar-refractivity contribution is -0.270. The monoisotopic (exact) mass is 283 g/mol. The van der Waals surface area contributed by atoms with Crippen LogP contribution in [0.2, 0.25) is 0 Å². The Kier molecular flexibility index (Phi) is 4.03. The van der Waals surface area contributed by atoms with E-state index in [0.29, 0.717) is 16.8 Å². The Hall–Kier alpha value is -2.69. The molecular formula is C16H15N2O3-. The fourth-order valence-corrected chi connectivity index (χ4v) is 1.99. The second-order valence-corrected chi connectivity index (χ2v) is 4.81. The first-order valence-corrected chi connectivity index (χ1v) is 6.43. The van der Waals surface area contributed by atoms with E-state index in [0.717, 1.165) is 5.56 Å². The van der Waals surface area contributed by atoms with Crippen LogP contribution < -0.4 is 5.11 Å². The van der Waals surface area contributed by atoms with Crippen LogP contribution in [0.25, 0.3) is 0 Å². The molecule has 2 rings (SSSR count). The number of hydrogen-bond acceptors (Lipinski definition) is 4. The van der Waals surface area contributed by atoms with Gasteiger partial charge in [-0.15, -0.1) is 10.9 Å². The highest BCUT2D eigenvalue weighted by atomic mass is 16.4. The maximum Gasteiger partial charge on any atom is 0.337 e. The van der Waals surface area contributed by atoms with Gasteiger partial charge in [-0.1, -0.05) is 23.3 Å². The molecule has 0 unspecified atom stereocenters. The summed E-state index contributed by atoms with van der Waals surface area (Å²) in [6.07, 6.45) is 0. The van der Waals surface area contributed by atoms with Crippen LogP contribution in [0.15, 0.2) is 40.6 Å². The highest BCUT2D eigenvalue weighted by Gasteiger charge is 2.09. The van der Waals surface area contributed by atoms with Crippen molar-refractivity contribution in [2.45, 2.75) is 20.8 Å². The van der Waals surface area contributed by atoms with E-state index in [9.17, 15) is 9.90 Å². The molecule has 0 saturated carbocycles. The summed E-state index contributed by atoms with van der Waals surface area (Å²) in [6, 6.07) is 8.06. The third kappa shape index (κ3) is 2.91. The van der Waals surface area contributed by atoms with Gasteiger partial charge in [-0.25, -0.2) is 4.79 Å². The maximum absolute atomic E-state index is 11.8. The van der Waals surface area contributed by atoms with Crippen molar-refractivity contribution in [3.63, 3.8) is 0 Å². The molecule has 0 amide bonds. The lowest BCUT2D eigenvalue weighted by Gasteiger charge is -2.17. The third-order valence-electron chi connectivity index (χ3n) is 3.40. The third-order valence-corrected chi connectivity index (χ3v) is 3.40. The standard InChI is InChI=1S/C16H16N2O3/c1-9-8-14(10(2)11(3)15(9)19)18-17-13-7-5-4-6-12(13)16(20)21/h4-8,19H,1-3H3,(H,20,21)/p-1. The van der Waals surface area contributed by atoms with Crippen LogP contribution in [-0.4, -0.2) is 11.1 Å². The quantitative estimate of drug-likeness (QED) is 0.869. The lowest BCUT2D eigenvalue weighted by Crippen LogP contribution is -1.98. The zero-order valence-corrected chi connectivity index (χ0v) is 12.0. The Morgan fingerprint density at radius 3 is 2.33 bits per heavy atom. The van der Waals surface area contributed by atoms with Crippen molar-refractivity contribution in [3.8, 4) is 5.75 Å².